The van der Waals surface area contributed by atoms with Crippen molar-refractivity contribution >= 4 is 27.5 Å². The molecule has 2 amide bonds. The van der Waals surface area contributed by atoms with Gasteiger partial charge in [0.1, 0.15) is 0 Å². The molecule has 9 heteroatoms. The van der Waals surface area contributed by atoms with Crippen molar-refractivity contribution in [3.63, 3.8) is 0 Å². The second-order valence-electron chi connectivity index (χ2n) is 7.85. The van der Waals surface area contributed by atoms with E-state index in [1.807, 2.05) is 39.0 Å². The van der Waals surface area contributed by atoms with E-state index in [2.05, 4.69) is 10.6 Å². The van der Waals surface area contributed by atoms with E-state index in [4.69, 9.17) is 4.74 Å². The van der Waals surface area contributed by atoms with Crippen LogP contribution in [0, 0.1) is 0 Å². The molecule has 2 aromatic carbocycles. The second-order valence-corrected chi connectivity index (χ2v) is 9.79. The van der Waals surface area contributed by atoms with E-state index in [0.29, 0.717) is 5.69 Å². The Morgan fingerprint density at radius 1 is 1.06 bits per heavy atom. The molecule has 2 unspecified atom stereocenters. The molecule has 32 heavy (non-hydrogen) atoms. The number of carbonyl (C=O) groups excluding carboxylic acids is 2. The molecule has 1 fully saturated rings. The maximum atomic E-state index is 13.1. The summed E-state index contributed by atoms with van der Waals surface area (Å²) in [6.45, 7) is 5.92. The van der Waals surface area contributed by atoms with Crippen molar-refractivity contribution in [1.29, 1.82) is 0 Å². The van der Waals surface area contributed by atoms with Crippen LogP contribution in [0.15, 0.2) is 53.4 Å². The number of rotatable bonds is 7. The van der Waals surface area contributed by atoms with Gasteiger partial charge in [-0.1, -0.05) is 31.2 Å². The quantitative estimate of drug-likeness (QED) is 0.662. The Kier molecular flexibility index (Phi) is 7.65. The van der Waals surface area contributed by atoms with Gasteiger partial charge in [-0.2, -0.15) is 4.31 Å². The van der Waals surface area contributed by atoms with E-state index in [1.165, 1.54) is 28.6 Å². The van der Waals surface area contributed by atoms with Crippen LogP contribution in [0.5, 0.6) is 0 Å². The normalized spacial score (nSPS) is 19.3. The number of benzene rings is 2. The van der Waals surface area contributed by atoms with Gasteiger partial charge in [-0.15, -0.1) is 0 Å². The highest BCUT2D eigenvalue weighted by molar-refractivity contribution is 7.89. The lowest BCUT2D eigenvalue weighted by atomic mass is 10.1. The fraction of sp³-hybridized carbons (Fsp3) is 0.391. The molecule has 2 aromatic rings. The van der Waals surface area contributed by atoms with Crippen molar-refractivity contribution in [1.82, 2.24) is 9.62 Å². The number of hydrogen-bond donors (Lipinski definition) is 2. The molecule has 2 N–H and O–H groups in total. The third-order valence-corrected chi connectivity index (χ3v) is 7.03. The van der Waals surface area contributed by atoms with E-state index in [-0.39, 0.29) is 48.2 Å². The Labute approximate surface area is 189 Å². The molecule has 0 spiro atoms. The monoisotopic (exact) mass is 459 g/mol. The summed E-state index contributed by atoms with van der Waals surface area (Å²) in [7, 11) is -3.77. The SMILES string of the molecule is CCc1ccccc1NC(=O)CNC(=O)c1cccc(S(=O)(=O)N2CC(C)OC(C)C2)c1. The lowest BCUT2D eigenvalue weighted by Crippen LogP contribution is -2.48. The number of morpholine rings is 1. The third-order valence-electron chi connectivity index (χ3n) is 5.20. The van der Waals surface area contributed by atoms with Gasteiger partial charge in [0, 0.05) is 24.3 Å². The van der Waals surface area contributed by atoms with E-state index < -0.39 is 15.9 Å². The molecule has 1 aliphatic rings. The molecular weight excluding hydrogens is 430 g/mol. The van der Waals surface area contributed by atoms with Crippen molar-refractivity contribution < 1.29 is 22.7 Å². The van der Waals surface area contributed by atoms with Crippen LogP contribution in [0.3, 0.4) is 0 Å². The van der Waals surface area contributed by atoms with Gasteiger partial charge >= 0.3 is 0 Å². The first kappa shape index (κ1) is 23.9. The van der Waals surface area contributed by atoms with Gasteiger partial charge < -0.3 is 15.4 Å². The van der Waals surface area contributed by atoms with Crippen molar-refractivity contribution in [2.24, 2.45) is 0 Å². The maximum absolute atomic E-state index is 13.1. The molecule has 1 aliphatic heterocycles. The van der Waals surface area contributed by atoms with E-state index >= 15 is 0 Å². The Hall–Kier alpha value is -2.75. The van der Waals surface area contributed by atoms with Gasteiger partial charge in [0.2, 0.25) is 15.9 Å². The van der Waals surface area contributed by atoms with Crippen LogP contribution in [0.25, 0.3) is 0 Å². The lowest BCUT2D eigenvalue weighted by molar-refractivity contribution is -0.115. The molecule has 1 heterocycles. The minimum Gasteiger partial charge on any atom is -0.373 e. The topological polar surface area (TPSA) is 105 Å². The Morgan fingerprint density at radius 2 is 1.75 bits per heavy atom. The molecule has 2 atom stereocenters. The van der Waals surface area contributed by atoms with Crippen LogP contribution < -0.4 is 10.6 Å². The van der Waals surface area contributed by atoms with Gasteiger partial charge in [-0.3, -0.25) is 9.59 Å². The number of nitrogens with zero attached hydrogens (tertiary/aromatic N) is 1. The summed E-state index contributed by atoms with van der Waals surface area (Å²) in [5, 5.41) is 5.34. The average Bonchev–Trinajstić information content (AvgIpc) is 2.77. The maximum Gasteiger partial charge on any atom is 0.251 e. The number of carbonyl (C=O) groups is 2. The first-order chi connectivity index (χ1) is 15.2. The second kappa shape index (κ2) is 10.2. The van der Waals surface area contributed by atoms with E-state index in [9.17, 15) is 18.0 Å². The summed E-state index contributed by atoms with van der Waals surface area (Å²) >= 11 is 0. The summed E-state index contributed by atoms with van der Waals surface area (Å²) in [4.78, 5) is 24.9. The first-order valence-electron chi connectivity index (χ1n) is 10.6. The van der Waals surface area contributed by atoms with Crippen molar-refractivity contribution in [3.8, 4) is 0 Å². The van der Waals surface area contributed by atoms with Crippen molar-refractivity contribution in [2.45, 2.75) is 44.3 Å². The number of nitrogens with one attached hydrogen (secondary N) is 2. The summed E-state index contributed by atoms with van der Waals surface area (Å²) in [5.74, 6) is -0.885. The summed E-state index contributed by atoms with van der Waals surface area (Å²) in [5.41, 5.74) is 1.87. The number of para-hydroxylation sites is 1. The fourth-order valence-electron chi connectivity index (χ4n) is 3.68. The van der Waals surface area contributed by atoms with Crippen LogP contribution in [0.2, 0.25) is 0 Å². The summed E-state index contributed by atoms with van der Waals surface area (Å²) < 4.78 is 33.1. The van der Waals surface area contributed by atoms with Gasteiger partial charge in [-0.25, -0.2) is 8.42 Å². The molecule has 0 aromatic heterocycles. The first-order valence-corrected chi connectivity index (χ1v) is 12.1. The highest BCUT2D eigenvalue weighted by Crippen LogP contribution is 2.22. The largest absolute Gasteiger partial charge is 0.373 e. The van der Waals surface area contributed by atoms with Crippen molar-refractivity contribution in [3.05, 3.63) is 59.7 Å². The molecule has 0 aliphatic carbocycles. The number of amides is 2. The molecule has 0 radical (unpaired) electrons. The highest BCUT2D eigenvalue weighted by atomic mass is 32.2. The number of ether oxygens (including phenoxy) is 1. The lowest BCUT2D eigenvalue weighted by Gasteiger charge is -2.34. The van der Waals surface area contributed by atoms with Crippen molar-refractivity contribution in [2.75, 3.05) is 25.0 Å². The van der Waals surface area contributed by atoms with Gasteiger partial charge in [-0.05, 0) is 50.1 Å². The van der Waals surface area contributed by atoms with E-state index in [0.717, 1.165) is 12.0 Å². The number of anilines is 1. The smallest absolute Gasteiger partial charge is 0.251 e. The van der Waals surface area contributed by atoms with Crippen LogP contribution in [-0.2, 0) is 26.0 Å². The molecule has 172 valence electrons. The molecule has 8 nitrogen and oxygen atoms in total. The van der Waals surface area contributed by atoms with Gasteiger partial charge in [0.25, 0.3) is 5.91 Å². The van der Waals surface area contributed by atoms with Crippen LogP contribution >= 0.6 is 0 Å². The average molecular weight is 460 g/mol. The number of sulfonamides is 1. The van der Waals surface area contributed by atoms with Gasteiger partial charge in [0.15, 0.2) is 0 Å². The standard InChI is InChI=1S/C23H29N3O5S/c1-4-18-8-5-6-11-21(18)25-22(27)13-24-23(28)19-9-7-10-20(12-19)32(29,30)26-14-16(2)31-17(3)15-26/h5-12,16-17H,4,13-15H2,1-3H3,(H,24,28)(H,25,27). The van der Waals surface area contributed by atoms with E-state index in [1.54, 1.807) is 6.07 Å². The third kappa shape index (κ3) is 5.73. The number of hydrogen-bond acceptors (Lipinski definition) is 5. The zero-order valence-electron chi connectivity index (χ0n) is 18.5. The molecule has 3 rings (SSSR count). The molecule has 0 saturated carbocycles. The summed E-state index contributed by atoms with van der Waals surface area (Å²) in [6, 6.07) is 13.3. The van der Waals surface area contributed by atoms with Gasteiger partial charge in [0.05, 0.1) is 23.6 Å². The van der Waals surface area contributed by atoms with Crippen LogP contribution in [-0.4, -0.2) is 56.4 Å². The predicted octanol–water partition coefficient (Wildman–Crippen LogP) is 2.42. The minimum atomic E-state index is -3.77. The summed E-state index contributed by atoms with van der Waals surface area (Å²) in [6.07, 6.45) is 0.345. The zero-order chi connectivity index (χ0) is 23.3. The van der Waals surface area contributed by atoms with Crippen LogP contribution in [0.1, 0.15) is 36.7 Å². The Bertz CT molecular complexity index is 1080. The molecule has 1 saturated heterocycles. The van der Waals surface area contributed by atoms with Crippen LogP contribution in [0.4, 0.5) is 5.69 Å². The zero-order valence-corrected chi connectivity index (χ0v) is 19.3. The molecule has 0 bridgehead atoms. The highest BCUT2D eigenvalue weighted by Gasteiger charge is 2.32. The Balaban J connectivity index is 1.65. The molecular formula is C23H29N3O5S. The number of aryl methyl sites for hydroxylation is 1. The fourth-order valence-corrected chi connectivity index (χ4v) is 5.32. The predicted molar refractivity (Wildman–Crippen MR) is 122 cm³/mol. The minimum absolute atomic E-state index is 0.0350. The Morgan fingerprint density at radius 3 is 2.44 bits per heavy atom.